The zero-order valence-corrected chi connectivity index (χ0v) is 16.6. The fourth-order valence-corrected chi connectivity index (χ4v) is 3.02. The van der Waals surface area contributed by atoms with Crippen LogP contribution in [0.1, 0.15) is 11.1 Å². The van der Waals surface area contributed by atoms with Crippen molar-refractivity contribution in [3.8, 4) is 11.5 Å². The van der Waals surface area contributed by atoms with Crippen LogP contribution in [0.2, 0.25) is 0 Å². The average Bonchev–Trinajstić information content (AvgIpc) is 3.27. The van der Waals surface area contributed by atoms with Crippen molar-refractivity contribution in [2.75, 3.05) is 38.9 Å². The van der Waals surface area contributed by atoms with Crippen molar-refractivity contribution >= 4 is 11.6 Å². The molecule has 29 heavy (non-hydrogen) atoms. The van der Waals surface area contributed by atoms with Gasteiger partial charge in [-0.2, -0.15) is 0 Å². The summed E-state index contributed by atoms with van der Waals surface area (Å²) in [5, 5.41) is 27.8. The minimum absolute atomic E-state index is 0.00781. The minimum atomic E-state index is -1.03. The molecule has 0 spiro atoms. The molecule has 7 nitrogen and oxygen atoms in total. The standard InChI is InChI=1S/C21H25ClO7/c22-11-17(24)13-26-19-5-1-15(2-6-19)21(28-9-10-29-21)16-3-7-20(8-4-16)27-14-18(25)12-23/h1-8,17-18,23-25H,9-14H2/t17-,18-/m0/s1. The van der Waals surface area contributed by atoms with E-state index in [0.717, 1.165) is 11.1 Å². The molecule has 3 rings (SSSR count). The summed E-state index contributed by atoms with van der Waals surface area (Å²) in [6, 6.07) is 14.5. The molecule has 1 saturated heterocycles. The summed E-state index contributed by atoms with van der Waals surface area (Å²) in [5.41, 5.74) is 1.61. The van der Waals surface area contributed by atoms with Crippen molar-refractivity contribution in [1.82, 2.24) is 0 Å². The van der Waals surface area contributed by atoms with E-state index in [1.165, 1.54) is 0 Å². The van der Waals surface area contributed by atoms with Crippen molar-refractivity contribution in [2.45, 2.75) is 18.0 Å². The maximum absolute atomic E-state index is 9.51. The molecule has 8 heteroatoms. The van der Waals surface area contributed by atoms with E-state index in [-0.39, 0.29) is 25.7 Å². The van der Waals surface area contributed by atoms with Crippen LogP contribution in [0.5, 0.6) is 11.5 Å². The van der Waals surface area contributed by atoms with Crippen LogP contribution in [-0.2, 0) is 15.3 Å². The second kappa shape index (κ2) is 10.2. The van der Waals surface area contributed by atoms with Crippen molar-refractivity contribution in [2.24, 2.45) is 0 Å². The summed E-state index contributed by atoms with van der Waals surface area (Å²) in [6.07, 6.45) is -1.64. The number of ether oxygens (including phenoxy) is 4. The third kappa shape index (κ3) is 5.39. The Kier molecular flexibility index (Phi) is 7.71. The molecule has 0 aliphatic carbocycles. The van der Waals surface area contributed by atoms with Gasteiger partial charge >= 0.3 is 0 Å². The first-order valence-corrected chi connectivity index (χ1v) is 9.88. The van der Waals surface area contributed by atoms with Gasteiger partial charge in [0.05, 0.1) is 25.7 Å². The molecule has 1 fully saturated rings. The first-order valence-electron chi connectivity index (χ1n) is 9.35. The summed E-state index contributed by atoms with van der Waals surface area (Å²) in [4.78, 5) is 0. The van der Waals surface area contributed by atoms with Gasteiger partial charge in [-0.15, -0.1) is 11.6 Å². The van der Waals surface area contributed by atoms with Gasteiger partial charge in [0, 0.05) is 11.1 Å². The van der Waals surface area contributed by atoms with E-state index in [9.17, 15) is 10.2 Å². The molecule has 2 aromatic carbocycles. The molecule has 2 atom stereocenters. The van der Waals surface area contributed by atoms with E-state index < -0.39 is 18.0 Å². The van der Waals surface area contributed by atoms with Gasteiger partial charge in [0.1, 0.15) is 36.9 Å². The molecule has 0 amide bonds. The van der Waals surface area contributed by atoms with Crippen LogP contribution in [0.15, 0.2) is 48.5 Å². The SMILES string of the molecule is OC[C@H](O)COc1ccc(C2(c3ccc(OC[C@@H](O)CCl)cc3)OCCO2)cc1. The van der Waals surface area contributed by atoms with Crippen LogP contribution in [0, 0.1) is 0 Å². The van der Waals surface area contributed by atoms with Crippen LogP contribution in [0.25, 0.3) is 0 Å². The number of rotatable bonds is 10. The Morgan fingerprint density at radius 2 is 1.28 bits per heavy atom. The lowest BCUT2D eigenvalue weighted by Crippen LogP contribution is -2.28. The lowest BCUT2D eigenvalue weighted by atomic mass is 9.97. The quantitative estimate of drug-likeness (QED) is 0.499. The zero-order valence-electron chi connectivity index (χ0n) is 15.9. The molecule has 2 aromatic rings. The molecule has 0 aromatic heterocycles. The second-order valence-electron chi connectivity index (χ2n) is 6.63. The highest BCUT2D eigenvalue weighted by Gasteiger charge is 2.40. The highest BCUT2D eigenvalue weighted by Crippen LogP contribution is 2.39. The van der Waals surface area contributed by atoms with Gasteiger partial charge in [-0.1, -0.05) is 0 Å². The van der Waals surface area contributed by atoms with Crippen molar-refractivity contribution < 1.29 is 34.3 Å². The van der Waals surface area contributed by atoms with E-state index in [1.807, 2.05) is 24.3 Å². The number of halogens is 1. The molecular formula is C21H25ClO7. The molecule has 0 unspecified atom stereocenters. The topological polar surface area (TPSA) is 97.6 Å². The van der Waals surface area contributed by atoms with E-state index in [2.05, 4.69) is 0 Å². The maximum Gasteiger partial charge on any atom is 0.222 e. The first kappa shape index (κ1) is 21.8. The second-order valence-corrected chi connectivity index (χ2v) is 6.94. The Labute approximate surface area is 174 Å². The summed E-state index contributed by atoms with van der Waals surface area (Å²) in [6.45, 7) is 0.691. The number of hydrogen-bond donors (Lipinski definition) is 3. The van der Waals surface area contributed by atoms with Crippen molar-refractivity contribution in [3.05, 3.63) is 59.7 Å². The largest absolute Gasteiger partial charge is 0.491 e. The van der Waals surface area contributed by atoms with Gasteiger partial charge in [-0.05, 0) is 48.5 Å². The number of benzene rings is 2. The predicted molar refractivity (Wildman–Crippen MR) is 106 cm³/mol. The van der Waals surface area contributed by atoms with Crippen LogP contribution >= 0.6 is 11.6 Å². The minimum Gasteiger partial charge on any atom is -0.491 e. The molecule has 0 bridgehead atoms. The average molecular weight is 425 g/mol. The highest BCUT2D eigenvalue weighted by molar-refractivity contribution is 6.18. The van der Waals surface area contributed by atoms with E-state index in [1.54, 1.807) is 24.3 Å². The Morgan fingerprint density at radius 3 is 1.69 bits per heavy atom. The van der Waals surface area contributed by atoms with Gasteiger partial charge in [0.2, 0.25) is 5.79 Å². The maximum atomic E-state index is 9.51. The molecular weight excluding hydrogens is 400 g/mol. The van der Waals surface area contributed by atoms with Crippen LogP contribution < -0.4 is 9.47 Å². The van der Waals surface area contributed by atoms with E-state index in [0.29, 0.717) is 24.7 Å². The molecule has 158 valence electrons. The molecule has 0 saturated carbocycles. The van der Waals surface area contributed by atoms with Crippen LogP contribution in [-0.4, -0.2) is 66.4 Å². The van der Waals surface area contributed by atoms with Gasteiger partial charge in [-0.3, -0.25) is 0 Å². The predicted octanol–water partition coefficient (Wildman–Crippen LogP) is 1.65. The smallest absolute Gasteiger partial charge is 0.222 e. The zero-order chi connectivity index (χ0) is 20.7. The monoisotopic (exact) mass is 424 g/mol. The third-order valence-corrected chi connectivity index (χ3v) is 4.79. The van der Waals surface area contributed by atoms with Gasteiger partial charge in [0.15, 0.2) is 0 Å². The highest BCUT2D eigenvalue weighted by atomic mass is 35.5. The van der Waals surface area contributed by atoms with Crippen molar-refractivity contribution in [3.63, 3.8) is 0 Å². The van der Waals surface area contributed by atoms with E-state index >= 15 is 0 Å². The Morgan fingerprint density at radius 1 is 0.828 bits per heavy atom. The summed E-state index contributed by atoms with van der Waals surface area (Å²) in [5.74, 6) is 0.257. The fourth-order valence-electron chi connectivity index (χ4n) is 2.94. The number of aliphatic hydroxyl groups is 3. The first-order chi connectivity index (χ1) is 14.1. The van der Waals surface area contributed by atoms with Gasteiger partial charge < -0.3 is 34.3 Å². The van der Waals surface area contributed by atoms with Crippen LogP contribution in [0.3, 0.4) is 0 Å². The normalized spacial score (nSPS) is 17.7. The van der Waals surface area contributed by atoms with Gasteiger partial charge in [0.25, 0.3) is 0 Å². The Balaban J connectivity index is 1.74. The Bertz CT molecular complexity index is 685. The fraction of sp³-hybridized carbons (Fsp3) is 0.429. The lowest BCUT2D eigenvalue weighted by Gasteiger charge is -2.28. The van der Waals surface area contributed by atoms with E-state index in [4.69, 9.17) is 35.7 Å². The molecule has 1 heterocycles. The lowest BCUT2D eigenvalue weighted by molar-refractivity contribution is -0.129. The summed E-state index contributed by atoms with van der Waals surface area (Å²) >= 11 is 5.57. The number of alkyl halides is 1. The number of aliphatic hydroxyl groups excluding tert-OH is 3. The summed E-state index contributed by atoms with van der Waals surface area (Å²) < 4.78 is 22.9. The number of hydrogen-bond acceptors (Lipinski definition) is 7. The molecule has 1 aliphatic heterocycles. The van der Waals surface area contributed by atoms with Crippen molar-refractivity contribution in [1.29, 1.82) is 0 Å². The molecule has 3 N–H and O–H groups in total. The molecule has 1 aliphatic rings. The molecule has 0 radical (unpaired) electrons. The summed E-state index contributed by atoms with van der Waals surface area (Å²) in [7, 11) is 0. The van der Waals surface area contributed by atoms with Gasteiger partial charge in [-0.25, -0.2) is 0 Å². The van der Waals surface area contributed by atoms with Crippen LogP contribution in [0.4, 0.5) is 0 Å². The third-order valence-electron chi connectivity index (χ3n) is 4.44. The Hall–Kier alpha value is -1.87.